The van der Waals surface area contributed by atoms with Crippen LogP contribution in [0.5, 0.6) is 5.75 Å². The third kappa shape index (κ3) is 3.63. The van der Waals surface area contributed by atoms with E-state index in [9.17, 15) is 9.50 Å². The van der Waals surface area contributed by atoms with Crippen molar-refractivity contribution in [1.29, 1.82) is 0 Å². The SMILES string of the molecule is COc1cc2nc(N)n3nc([C@@H]4CCCN(CCc5cn[nH]c5CO)C4)nc3c2cc1F. The van der Waals surface area contributed by atoms with Crippen molar-refractivity contribution >= 4 is 22.5 Å². The largest absolute Gasteiger partial charge is 0.494 e. The number of aromatic nitrogens is 6. The van der Waals surface area contributed by atoms with Crippen LogP contribution in [0.2, 0.25) is 0 Å². The third-order valence-corrected chi connectivity index (χ3v) is 6.12. The molecule has 0 saturated carbocycles. The number of H-pyrrole nitrogens is 1. The molecule has 4 aromatic rings. The van der Waals surface area contributed by atoms with Gasteiger partial charge in [-0.2, -0.15) is 9.61 Å². The Hall–Kier alpha value is -3.31. The minimum atomic E-state index is -0.483. The fraction of sp³-hybridized carbons (Fsp3) is 0.429. The number of ether oxygens (including phenoxy) is 1. The number of nitrogens with zero attached hydrogens (tertiary/aromatic N) is 6. The van der Waals surface area contributed by atoms with E-state index in [0.29, 0.717) is 22.4 Å². The monoisotopic (exact) mass is 440 g/mol. The van der Waals surface area contributed by atoms with Gasteiger partial charge < -0.3 is 20.5 Å². The Bertz CT molecular complexity index is 1270. The molecule has 0 spiro atoms. The van der Waals surface area contributed by atoms with Gasteiger partial charge in [0, 0.05) is 30.5 Å². The average molecular weight is 440 g/mol. The molecule has 11 heteroatoms. The second-order valence-electron chi connectivity index (χ2n) is 8.10. The summed E-state index contributed by atoms with van der Waals surface area (Å²) in [5.74, 6) is 0.653. The first-order valence-corrected chi connectivity index (χ1v) is 10.6. The fourth-order valence-corrected chi connectivity index (χ4v) is 4.41. The lowest BCUT2D eigenvalue weighted by molar-refractivity contribution is 0.206. The zero-order valence-corrected chi connectivity index (χ0v) is 17.8. The van der Waals surface area contributed by atoms with Crippen LogP contribution in [0.3, 0.4) is 0 Å². The minimum Gasteiger partial charge on any atom is -0.494 e. The zero-order valence-electron chi connectivity index (χ0n) is 17.8. The normalized spacial score (nSPS) is 17.4. The van der Waals surface area contributed by atoms with Gasteiger partial charge in [0.05, 0.1) is 31.1 Å². The van der Waals surface area contributed by atoms with Crippen molar-refractivity contribution in [2.24, 2.45) is 0 Å². The van der Waals surface area contributed by atoms with Gasteiger partial charge in [0.25, 0.3) is 0 Å². The lowest BCUT2D eigenvalue weighted by Gasteiger charge is -2.31. The highest BCUT2D eigenvalue weighted by Crippen LogP contribution is 2.30. The molecule has 1 saturated heterocycles. The lowest BCUT2D eigenvalue weighted by atomic mass is 9.97. The topological polar surface area (TPSA) is 130 Å². The molecule has 0 amide bonds. The number of hydrogen-bond acceptors (Lipinski definition) is 8. The molecule has 4 N–H and O–H groups in total. The maximum absolute atomic E-state index is 14.3. The van der Waals surface area contributed by atoms with Crippen molar-refractivity contribution in [2.75, 3.05) is 32.5 Å². The molecule has 1 fully saturated rings. The Morgan fingerprint density at radius 3 is 3.03 bits per heavy atom. The van der Waals surface area contributed by atoms with E-state index in [0.717, 1.165) is 50.2 Å². The van der Waals surface area contributed by atoms with E-state index in [1.165, 1.54) is 23.8 Å². The number of methoxy groups -OCH3 is 1. The predicted octanol–water partition coefficient (Wildman–Crippen LogP) is 1.64. The van der Waals surface area contributed by atoms with Crippen LogP contribution in [-0.4, -0.2) is 66.5 Å². The van der Waals surface area contributed by atoms with Gasteiger partial charge in [0.2, 0.25) is 5.95 Å². The Morgan fingerprint density at radius 2 is 2.22 bits per heavy atom. The number of nitrogens with one attached hydrogen (secondary N) is 1. The molecular weight excluding hydrogens is 415 g/mol. The molecule has 0 aliphatic carbocycles. The Balaban J connectivity index is 1.40. The van der Waals surface area contributed by atoms with E-state index >= 15 is 0 Å². The van der Waals surface area contributed by atoms with E-state index in [2.05, 4.69) is 25.2 Å². The van der Waals surface area contributed by atoms with Crippen LogP contribution in [0, 0.1) is 5.82 Å². The van der Waals surface area contributed by atoms with E-state index in [4.69, 9.17) is 15.5 Å². The molecule has 3 aromatic heterocycles. The Labute approximate surface area is 183 Å². The van der Waals surface area contributed by atoms with Gasteiger partial charge in [0.1, 0.15) is 0 Å². The number of anilines is 1. The molecule has 0 radical (unpaired) electrons. The highest BCUT2D eigenvalue weighted by molar-refractivity contribution is 5.93. The summed E-state index contributed by atoms with van der Waals surface area (Å²) in [6.07, 6.45) is 4.57. The second-order valence-corrected chi connectivity index (χ2v) is 8.10. The smallest absolute Gasteiger partial charge is 0.223 e. The van der Waals surface area contributed by atoms with Crippen molar-refractivity contribution in [2.45, 2.75) is 31.8 Å². The maximum atomic E-state index is 14.3. The molecular formula is C21H25FN8O2. The molecule has 4 heterocycles. The van der Waals surface area contributed by atoms with Gasteiger partial charge in [-0.3, -0.25) is 5.10 Å². The summed E-state index contributed by atoms with van der Waals surface area (Å²) < 4.78 is 20.9. The summed E-state index contributed by atoms with van der Waals surface area (Å²) in [5, 5.41) is 21.4. The third-order valence-electron chi connectivity index (χ3n) is 6.12. The lowest BCUT2D eigenvalue weighted by Crippen LogP contribution is -2.36. The first-order valence-electron chi connectivity index (χ1n) is 10.6. The minimum absolute atomic E-state index is 0.0427. The highest BCUT2D eigenvalue weighted by Gasteiger charge is 2.26. The van der Waals surface area contributed by atoms with Crippen LogP contribution in [-0.2, 0) is 13.0 Å². The van der Waals surface area contributed by atoms with Gasteiger partial charge in [0.15, 0.2) is 23.0 Å². The van der Waals surface area contributed by atoms with Crippen molar-refractivity contribution in [3.63, 3.8) is 0 Å². The van der Waals surface area contributed by atoms with Crippen LogP contribution in [0.15, 0.2) is 18.3 Å². The summed E-state index contributed by atoms with van der Waals surface area (Å²) >= 11 is 0. The average Bonchev–Trinajstić information content (AvgIpc) is 3.46. The van der Waals surface area contributed by atoms with Crippen LogP contribution in [0.4, 0.5) is 10.3 Å². The molecule has 168 valence electrons. The molecule has 1 aliphatic heterocycles. The van der Waals surface area contributed by atoms with Gasteiger partial charge in [-0.1, -0.05) is 0 Å². The first kappa shape index (κ1) is 20.6. The number of likely N-dealkylation sites (tertiary alicyclic amines) is 1. The number of fused-ring (bicyclic) bond motifs is 3. The van der Waals surface area contributed by atoms with Crippen LogP contribution < -0.4 is 10.5 Å². The van der Waals surface area contributed by atoms with Crippen LogP contribution in [0.1, 0.15) is 35.8 Å². The Kier molecular flexibility index (Phi) is 5.35. The molecule has 1 atom stereocenters. The summed E-state index contributed by atoms with van der Waals surface area (Å²) in [5.41, 5.74) is 8.92. The number of halogens is 1. The molecule has 1 aromatic carbocycles. The highest BCUT2D eigenvalue weighted by atomic mass is 19.1. The van der Waals surface area contributed by atoms with Crippen molar-refractivity contribution in [3.8, 4) is 5.75 Å². The van der Waals surface area contributed by atoms with E-state index < -0.39 is 5.82 Å². The number of aliphatic hydroxyl groups is 1. The second kappa shape index (κ2) is 8.32. The van der Waals surface area contributed by atoms with Gasteiger partial charge in [-0.25, -0.2) is 14.4 Å². The summed E-state index contributed by atoms with van der Waals surface area (Å²) in [4.78, 5) is 11.5. The predicted molar refractivity (Wildman–Crippen MR) is 116 cm³/mol. The maximum Gasteiger partial charge on any atom is 0.223 e. The van der Waals surface area contributed by atoms with E-state index in [1.54, 1.807) is 6.20 Å². The van der Waals surface area contributed by atoms with Crippen LogP contribution in [0.25, 0.3) is 16.6 Å². The quantitative estimate of drug-likeness (QED) is 0.413. The number of piperidine rings is 1. The van der Waals surface area contributed by atoms with Gasteiger partial charge >= 0.3 is 0 Å². The number of hydrogen-bond donors (Lipinski definition) is 3. The van der Waals surface area contributed by atoms with Gasteiger partial charge in [-0.15, -0.1) is 5.10 Å². The standard InChI is InChI=1S/C21H25FN8O2/c1-32-18-8-16-14(7-15(18)22)20-26-19(28-30(20)21(23)25-16)13-3-2-5-29(10-13)6-4-12-9-24-27-17(12)11-31/h7-9,13,31H,2-6,10-11H2,1H3,(H2,23,25)(H,24,27)/t13-/m1/s1. The van der Waals surface area contributed by atoms with E-state index in [1.807, 2.05) is 0 Å². The molecule has 0 unspecified atom stereocenters. The number of aromatic amines is 1. The molecule has 10 nitrogen and oxygen atoms in total. The Morgan fingerprint density at radius 1 is 1.34 bits per heavy atom. The number of benzene rings is 1. The first-order chi connectivity index (χ1) is 15.6. The summed E-state index contributed by atoms with van der Waals surface area (Å²) in [6, 6.07) is 2.89. The molecule has 5 rings (SSSR count). The molecule has 1 aliphatic rings. The zero-order chi connectivity index (χ0) is 22.2. The molecule has 32 heavy (non-hydrogen) atoms. The summed E-state index contributed by atoms with van der Waals surface area (Å²) in [7, 11) is 1.41. The van der Waals surface area contributed by atoms with Crippen molar-refractivity contribution < 1.29 is 14.2 Å². The van der Waals surface area contributed by atoms with E-state index in [-0.39, 0.29) is 24.2 Å². The van der Waals surface area contributed by atoms with Gasteiger partial charge in [-0.05, 0) is 37.4 Å². The van der Waals surface area contributed by atoms with Crippen molar-refractivity contribution in [1.82, 2.24) is 34.7 Å². The number of aliphatic hydroxyl groups excluding tert-OH is 1. The van der Waals surface area contributed by atoms with Crippen molar-refractivity contribution in [3.05, 3.63) is 41.2 Å². The number of rotatable bonds is 6. The van der Waals surface area contributed by atoms with Crippen LogP contribution >= 0.6 is 0 Å². The fourth-order valence-electron chi connectivity index (χ4n) is 4.41. The molecule has 0 bridgehead atoms. The summed E-state index contributed by atoms with van der Waals surface area (Å²) in [6.45, 7) is 2.62. The number of nitrogens with two attached hydrogens (primary N) is 1. The number of nitrogen functional groups attached to an aromatic ring is 1.